The predicted molar refractivity (Wildman–Crippen MR) is 69.7 cm³/mol. The summed E-state index contributed by atoms with van der Waals surface area (Å²) in [6.45, 7) is 4.25. The first kappa shape index (κ1) is 12.1. The van der Waals surface area contributed by atoms with Gasteiger partial charge in [0.1, 0.15) is 0 Å². The molecule has 0 unspecified atom stereocenters. The molecule has 0 bridgehead atoms. The minimum Gasteiger partial charge on any atom is -0.312 e. The first-order valence-electron chi connectivity index (χ1n) is 6.46. The lowest BCUT2D eigenvalue weighted by Crippen LogP contribution is -2.15. The Hall–Kier alpha value is -0.410. The lowest BCUT2D eigenvalue weighted by molar-refractivity contribution is 0.470. The first-order chi connectivity index (χ1) is 7.86. The number of nitrogens with zero attached hydrogens (tertiary/aromatic N) is 1. The van der Waals surface area contributed by atoms with Crippen molar-refractivity contribution in [2.45, 2.75) is 52.0 Å². The molecular weight excluding hydrogens is 216 g/mol. The van der Waals surface area contributed by atoms with E-state index in [0.29, 0.717) is 0 Å². The van der Waals surface area contributed by atoms with Gasteiger partial charge in [0.05, 0.1) is 11.2 Å². The van der Waals surface area contributed by atoms with E-state index in [1.54, 1.807) is 11.3 Å². The van der Waals surface area contributed by atoms with Crippen LogP contribution < -0.4 is 5.32 Å². The topological polar surface area (TPSA) is 24.9 Å². The molecule has 1 aromatic rings. The van der Waals surface area contributed by atoms with Gasteiger partial charge in [0.25, 0.3) is 0 Å². The van der Waals surface area contributed by atoms with E-state index in [1.165, 1.54) is 49.1 Å². The molecule has 1 heterocycles. The maximum Gasteiger partial charge on any atom is 0.0798 e. The second-order valence-electron chi connectivity index (χ2n) is 4.83. The molecule has 3 heteroatoms. The Morgan fingerprint density at radius 3 is 2.94 bits per heavy atom. The molecule has 0 atom stereocenters. The van der Waals surface area contributed by atoms with Crippen molar-refractivity contribution in [2.24, 2.45) is 5.92 Å². The van der Waals surface area contributed by atoms with Gasteiger partial charge in [-0.05, 0) is 32.2 Å². The number of hydrogen-bond donors (Lipinski definition) is 1. The highest BCUT2D eigenvalue weighted by atomic mass is 32.1. The minimum atomic E-state index is 1.00. The van der Waals surface area contributed by atoms with Gasteiger partial charge in [0, 0.05) is 11.4 Å². The van der Waals surface area contributed by atoms with E-state index in [9.17, 15) is 0 Å². The zero-order valence-electron chi connectivity index (χ0n) is 10.2. The van der Waals surface area contributed by atoms with Crippen LogP contribution in [0.4, 0.5) is 0 Å². The van der Waals surface area contributed by atoms with Crippen LogP contribution in [0.25, 0.3) is 0 Å². The summed E-state index contributed by atoms with van der Waals surface area (Å²) < 4.78 is 0. The van der Waals surface area contributed by atoms with Crippen molar-refractivity contribution in [1.82, 2.24) is 10.3 Å². The Morgan fingerprint density at radius 2 is 2.25 bits per heavy atom. The molecule has 16 heavy (non-hydrogen) atoms. The quantitative estimate of drug-likeness (QED) is 0.767. The van der Waals surface area contributed by atoms with Crippen LogP contribution in [0.2, 0.25) is 0 Å². The molecule has 0 radical (unpaired) electrons. The van der Waals surface area contributed by atoms with E-state index in [-0.39, 0.29) is 0 Å². The highest BCUT2D eigenvalue weighted by Gasteiger charge is 2.13. The molecule has 2 nitrogen and oxygen atoms in total. The summed E-state index contributed by atoms with van der Waals surface area (Å²) >= 11 is 1.76. The number of nitrogens with one attached hydrogen (secondary N) is 1. The van der Waals surface area contributed by atoms with Gasteiger partial charge in [-0.1, -0.05) is 25.7 Å². The molecule has 2 rings (SSSR count). The smallest absolute Gasteiger partial charge is 0.0798 e. The van der Waals surface area contributed by atoms with E-state index in [2.05, 4.69) is 17.2 Å². The van der Waals surface area contributed by atoms with Crippen molar-refractivity contribution in [3.05, 3.63) is 16.1 Å². The molecule has 1 N–H and O–H groups in total. The molecule has 0 amide bonds. The minimum absolute atomic E-state index is 1.00. The van der Waals surface area contributed by atoms with Gasteiger partial charge in [-0.2, -0.15) is 0 Å². The fraction of sp³-hybridized carbons (Fsp3) is 0.769. The third-order valence-corrected chi connectivity index (χ3v) is 4.51. The van der Waals surface area contributed by atoms with Crippen LogP contribution in [-0.2, 0) is 6.54 Å². The van der Waals surface area contributed by atoms with Crippen molar-refractivity contribution in [2.75, 3.05) is 6.54 Å². The van der Waals surface area contributed by atoms with Gasteiger partial charge in [-0.3, -0.25) is 0 Å². The Bertz CT molecular complexity index is 303. The van der Waals surface area contributed by atoms with Gasteiger partial charge in [0.15, 0.2) is 0 Å². The van der Waals surface area contributed by atoms with Crippen LogP contribution in [-0.4, -0.2) is 11.5 Å². The largest absolute Gasteiger partial charge is 0.312 e. The standard InChI is InChI=1S/C13H22N2S/c1-11-13(16-10-15-11)9-14-8-4-7-12-5-2-3-6-12/h10,12,14H,2-9H2,1H3. The highest BCUT2D eigenvalue weighted by molar-refractivity contribution is 7.09. The zero-order chi connectivity index (χ0) is 11.2. The zero-order valence-corrected chi connectivity index (χ0v) is 11.0. The normalized spacial score (nSPS) is 17.1. The van der Waals surface area contributed by atoms with E-state index in [0.717, 1.165) is 19.0 Å². The molecule has 1 aromatic heterocycles. The number of rotatable bonds is 6. The van der Waals surface area contributed by atoms with Crippen LogP contribution in [0.15, 0.2) is 5.51 Å². The average Bonchev–Trinajstić information content (AvgIpc) is 2.90. The van der Waals surface area contributed by atoms with Gasteiger partial charge in [-0.25, -0.2) is 4.98 Å². The molecule has 0 aliphatic heterocycles. The Kier molecular flexibility index (Phi) is 4.79. The van der Waals surface area contributed by atoms with Crippen molar-refractivity contribution in [3.8, 4) is 0 Å². The first-order valence-corrected chi connectivity index (χ1v) is 7.34. The summed E-state index contributed by atoms with van der Waals surface area (Å²) in [5, 5.41) is 3.52. The van der Waals surface area contributed by atoms with Gasteiger partial charge in [-0.15, -0.1) is 11.3 Å². The second-order valence-corrected chi connectivity index (χ2v) is 5.77. The van der Waals surface area contributed by atoms with E-state index in [4.69, 9.17) is 0 Å². The maximum atomic E-state index is 4.26. The van der Waals surface area contributed by atoms with Gasteiger partial charge < -0.3 is 5.32 Å². The van der Waals surface area contributed by atoms with E-state index >= 15 is 0 Å². The summed E-state index contributed by atoms with van der Waals surface area (Å²) in [7, 11) is 0. The van der Waals surface area contributed by atoms with Crippen molar-refractivity contribution >= 4 is 11.3 Å². The summed E-state index contributed by atoms with van der Waals surface area (Å²) in [6, 6.07) is 0. The number of aryl methyl sites for hydroxylation is 1. The van der Waals surface area contributed by atoms with Gasteiger partial charge >= 0.3 is 0 Å². The lowest BCUT2D eigenvalue weighted by atomic mass is 10.0. The Labute approximate surface area is 102 Å². The molecular formula is C13H22N2S. The van der Waals surface area contributed by atoms with Crippen LogP contribution in [0.3, 0.4) is 0 Å². The third kappa shape index (κ3) is 3.56. The average molecular weight is 238 g/mol. The maximum absolute atomic E-state index is 4.26. The predicted octanol–water partition coefficient (Wildman–Crippen LogP) is 3.51. The molecule has 1 aliphatic rings. The Morgan fingerprint density at radius 1 is 1.44 bits per heavy atom. The molecule has 0 spiro atoms. The molecule has 0 aromatic carbocycles. The highest BCUT2D eigenvalue weighted by Crippen LogP contribution is 2.28. The molecule has 90 valence electrons. The van der Waals surface area contributed by atoms with Crippen molar-refractivity contribution < 1.29 is 0 Å². The number of aromatic nitrogens is 1. The van der Waals surface area contributed by atoms with Crippen molar-refractivity contribution in [1.29, 1.82) is 0 Å². The molecule has 0 saturated heterocycles. The van der Waals surface area contributed by atoms with Crippen LogP contribution in [0.5, 0.6) is 0 Å². The summed E-state index contributed by atoms with van der Waals surface area (Å²) in [5.41, 5.74) is 3.12. The van der Waals surface area contributed by atoms with E-state index in [1.807, 2.05) is 5.51 Å². The summed E-state index contributed by atoms with van der Waals surface area (Å²) in [5.74, 6) is 1.03. The monoisotopic (exact) mass is 238 g/mol. The molecule has 1 aliphatic carbocycles. The van der Waals surface area contributed by atoms with E-state index < -0.39 is 0 Å². The van der Waals surface area contributed by atoms with Crippen LogP contribution in [0.1, 0.15) is 49.1 Å². The van der Waals surface area contributed by atoms with Crippen LogP contribution in [0, 0.1) is 12.8 Å². The van der Waals surface area contributed by atoms with Crippen LogP contribution >= 0.6 is 11.3 Å². The lowest BCUT2D eigenvalue weighted by Gasteiger charge is -2.08. The van der Waals surface area contributed by atoms with Crippen molar-refractivity contribution in [3.63, 3.8) is 0 Å². The summed E-state index contributed by atoms with van der Waals surface area (Å²) in [6.07, 6.45) is 8.66. The number of thiazole rings is 1. The number of hydrogen-bond acceptors (Lipinski definition) is 3. The van der Waals surface area contributed by atoms with Gasteiger partial charge in [0.2, 0.25) is 0 Å². The fourth-order valence-electron chi connectivity index (χ4n) is 2.51. The third-order valence-electron chi connectivity index (χ3n) is 3.57. The summed E-state index contributed by atoms with van der Waals surface area (Å²) in [4.78, 5) is 5.65. The molecule has 1 fully saturated rings. The molecule has 1 saturated carbocycles. The SMILES string of the molecule is Cc1ncsc1CNCCCC1CCCC1. The second kappa shape index (κ2) is 6.36. The Balaban J connectivity index is 1.53. The fourth-order valence-corrected chi connectivity index (χ4v) is 3.26.